The van der Waals surface area contributed by atoms with E-state index in [9.17, 15) is 13.5 Å². The van der Waals surface area contributed by atoms with E-state index in [1.807, 2.05) is 4.90 Å². The fourth-order valence-electron chi connectivity index (χ4n) is 1.50. The number of nitrogens with zero attached hydrogens (tertiary/aromatic N) is 2. The van der Waals surface area contributed by atoms with Gasteiger partial charge in [0.2, 0.25) is 0 Å². The van der Waals surface area contributed by atoms with Gasteiger partial charge in [0.15, 0.2) is 0 Å². The second-order valence-corrected chi connectivity index (χ2v) is 5.84. The zero-order chi connectivity index (χ0) is 14.2. The molecule has 0 aromatic rings. The molecule has 1 aliphatic heterocycles. The maximum Gasteiger partial charge on any atom is 0.264 e. The molecule has 0 radical (unpaired) electrons. The Kier molecular flexibility index (Phi) is 8.66. The van der Waals surface area contributed by atoms with Crippen LogP contribution in [0.1, 0.15) is 13.8 Å². The molecular weight excluding hydrogens is 260 g/mol. The van der Waals surface area contributed by atoms with E-state index >= 15 is 0 Å². The van der Waals surface area contributed by atoms with Crippen molar-refractivity contribution < 1.29 is 23.2 Å². The molecule has 1 aliphatic rings. The average molecular weight is 284 g/mol. The summed E-state index contributed by atoms with van der Waals surface area (Å²) in [7, 11) is -3.66. The molecule has 1 atom stereocenters. The van der Waals surface area contributed by atoms with E-state index in [0.717, 1.165) is 32.7 Å². The van der Waals surface area contributed by atoms with E-state index in [4.69, 9.17) is 9.66 Å². The summed E-state index contributed by atoms with van der Waals surface area (Å²) < 4.78 is 26.9. The third kappa shape index (κ3) is 8.78. The monoisotopic (exact) mass is 284 g/mol. The van der Waals surface area contributed by atoms with Crippen LogP contribution in [-0.2, 0) is 10.1 Å². The second-order valence-electron chi connectivity index (χ2n) is 4.10. The van der Waals surface area contributed by atoms with Crippen molar-refractivity contribution in [2.45, 2.75) is 20.1 Å². The fourth-order valence-corrected chi connectivity index (χ4v) is 1.50. The highest BCUT2D eigenvalue weighted by Crippen LogP contribution is 2.03. The molecule has 110 valence electrons. The molecule has 8 heteroatoms. The van der Waals surface area contributed by atoms with Crippen molar-refractivity contribution in [3.05, 3.63) is 0 Å². The first-order valence-electron chi connectivity index (χ1n) is 6.00. The van der Waals surface area contributed by atoms with Gasteiger partial charge in [0, 0.05) is 32.7 Å². The molecule has 7 nitrogen and oxygen atoms in total. The van der Waals surface area contributed by atoms with E-state index < -0.39 is 10.1 Å². The normalized spacial score (nSPS) is 20.1. The number of piperazine rings is 1. The molecule has 18 heavy (non-hydrogen) atoms. The summed E-state index contributed by atoms with van der Waals surface area (Å²) in [4.78, 5) is 4.24. The molecule has 0 aromatic heterocycles. The van der Waals surface area contributed by atoms with E-state index in [1.54, 1.807) is 6.92 Å². The Bertz CT molecular complexity index is 299. The zero-order valence-electron chi connectivity index (χ0n) is 11.0. The van der Waals surface area contributed by atoms with Crippen LogP contribution in [0.3, 0.4) is 0 Å². The third-order valence-corrected chi connectivity index (χ3v) is 3.45. The smallest absolute Gasteiger partial charge is 0.264 e. The minimum atomic E-state index is -3.66. The molecule has 3 N–H and O–H groups in total. The van der Waals surface area contributed by atoms with Gasteiger partial charge in [0.25, 0.3) is 10.1 Å². The summed E-state index contributed by atoms with van der Waals surface area (Å²) >= 11 is 0. The zero-order valence-corrected chi connectivity index (χ0v) is 11.8. The lowest BCUT2D eigenvalue weighted by Crippen LogP contribution is -2.50. The van der Waals surface area contributed by atoms with Crippen molar-refractivity contribution in [1.29, 1.82) is 0 Å². The van der Waals surface area contributed by atoms with Crippen LogP contribution in [0.15, 0.2) is 0 Å². The predicted octanol–water partition coefficient (Wildman–Crippen LogP) is -1.17. The Balaban J connectivity index is 0.000000411. The van der Waals surface area contributed by atoms with Crippen LogP contribution in [-0.4, -0.2) is 84.3 Å². The van der Waals surface area contributed by atoms with Gasteiger partial charge >= 0.3 is 0 Å². The van der Waals surface area contributed by atoms with Crippen LogP contribution in [0.2, 0.25) is 0 Å². The Morgan fingerprint density at radius 2 is 1.67 bits per heavy atom. The molecule has 1 unspecified atom stereocenters. The molecule has 0 spiro atoms. The van der Waals surface area contributed by atoms with Crippen molar-refractivity contribution in [1.82, 2.24) is 9.80 Å². The molecule has 0 aromatic carbocycles. The van der Waals surface area contributed by atoms with Gasteiger partial charge < -0.3 is 10.2 Å². The Labute approximate surface area is 109 Å². The summed E-state index contributed by atoms with van der Waals surface area (Å²) in [5.74, 6) is -0.201. The minimum absolute atomic E-state index is 0.201. The quantitative estimate of drug-likeness (QED) is 0.559. The van der Waals surface area contributed by atoms with Crippen LogP contribution >= 0.6 is 0 Å². The molecular formula is C10H24N2O5S. The highest BCUT2D eigenvalue weighted by atomic mass is 32.2. The van der Waals surface area contributed by atoms with Gasteiger partial charge in [0.05, 0.1) is 12.4 Å². The SMILES string of the molecule is CC(O)N1CCN(CCO)CC1.CCS(=O)(=O)O. The molecule has 0 saturated carbocycles. The van der Waals surface area contributed by atoms with Crippen LogP contribution in [0.5, 0.6) is 0 Å². The largest absolute Gasteiger partial charge is 0.395 e. The van der Waals surface area contributed by atoms with E-state index in [2.05, 4.69) is 4.90 Å². The van der Waals surface area contributed by atoms with E-state index in [0.29, 0.717) is 0 Å². The Morgan fingerprint density at radius 1 is 1.22 bits per heavy atom. The Morgan fingerprint density at radius 3 is 1.94 bits per heavy atom. The number of aliphatic hydroxyl groups is 2. The summed E-state index contributed by atoms with van der Waals surface area (Å²) in [6.45, 7) is 7.85. The molecule has 1 heterocycles. The Hall–Kier alpha value is -0.250. The molecule has 1 saturated heterocycles. The first-order valence-corrected chi connectivity index (χ1v) is 7.61. The summed E-state index contributed by atoms with van der Waals surface area (Å²) in [6, 6.07) is 0. The number of aliphatic hydroxyl groups excluding tert-OH is 2. The number of hydrogen-bond acceptors (Lipinski definition) is 6. The molecule has 0 aliphatic carbocycles. The summed E-state index contributed by atoms with van der Waals surface area (Å²) in [6.07, 6.45) is -0.332. The van der Waals surface area contributed by atoms with Gasteiger partial charge in [-0.05, 0) is 13.8 Å². The third-order valence-electron chi connectivity index (χ3n) is 2.72. The van der Waals surface area contributed by atoms with Gasteiger partial charge in [0.1, 0.15) is 6.23 Å². The molecule has 0 bridgehead atoms. The highest BCUT2D eigenvalue weighted by Gasteiger charge is 2.18. The van der Waals surface area contributed by atoms with Crippen LogP contribution in [0.4, 0.5) is 0 Å². The molecule has 0 amide bonds. The predicted molar refractivity (Wildman–Crippen MR) is 68.9 cm³/mol. The van der Waals surface area contributed by atoms with E-state index in [1.165, 1.54) is 6.92 Å². The summed E-state index contributed by atoms with van der Waals surface area (Å²) in [5.41, 5.74) is 0. The summed E-state index contributed by atoms with van der Waals surface area (Å²) in [5, 5.41) is 17.9. The van der Waals surface area contributed by atoms with Crippen LogP contribution in [0, 0.1) is 0 Å². The average Bonchev–Trinajstić information content (AvgIpc) is 2.30. The first-order chi connectivity index (χ1) is 8.30. The molecule has 1 rings (SSSR count). The first kappa shape index (κ1) is 17.8. The molecule has 1 fully saturated rings. The fraction of sp³-hybridized carbons (Fsp3) is 1.00. The van der Waals surface area contributed by atoms with Crippen molar-refractivity contribution in [2.75, 3.05) is 45.1 Å². The van der Waals surface area contributed by atoms with Crippen LogP contribution in [0.25, 0.3) is 0 Å². The van der Waals surface area contributed by atoms with Crippen molar-refractivity contribution >= 4 is 10.1 Å². The lowest BCUT2D eigenvalue weighted by Gasteiger charge is -2.35. The maximum atomic E-state index is 9.56. The van der Waals surface area contributed by atoms with Crippen LogP contribution < -0.4 is 0 Å². The number of hydrogen-bond donors (Lipinski definition) is 3. The second kappa shape index (κ2) is 8.78. The number of rotatable bonds is 4. The van der Waals surface area contributed by atoms with Gasteiger partial charge in [-0.1, -0.05) is 0 Å². The van der Waals surface area contributed by atoms with Crippen molar-refractivity contribution in [3.8, 4) is 0 Å². The van der Waals surface area contributed by atoms with E-state index in [-0.39, 0.29) is 18.6 Å². The highest BCUT2D eigenvalue weighted by molar-refractivity contribution is 7.85. The van der Waals surface area contributed by atoms with Crippen molar-refractivity contribution in [3.63, 3.8) is 0 Å². The number of β-amino-alcohol motifs (C(OH)–C–C–N with tert-alkyl or cyclic N) is 1. The lowest BCUT2D eigenvalue weighted by molar-refractivity contribution is -0.0148. The topological polar surface area (TPSA) is 101 Å². The van der Waals surface area contributed by atoms with Gasteiger partial charge in [-0.25, -0.2) is 0 Å². The maximum absolute atomic E-state index is 9.56. The van der Waals surface area contributed by atoms with Gasteiger partial charge in [-0.2, -0.15) is 8.42 Å². The standard InChI is InChI=1S/C8H18N2O2.C2H6O3S/c1-8(12)10-4-2-9(3-5-10)6-7-11;1-2-6(3,4)5/h8,11-12H,2-7H2,1H3;2H2,1H3,(H,3,4,5). The lowest BCUT2D eigenvalue weighted by atomic mass is 10.3. The van der Waals surface area contributed by atoms with Gasteiger partial charge in [-0.3, -0.25) is 14.4 Å². The minimum Gasteiger partial charge on any atom is -0.395 e. The van der Waals surface area contributed by atoms with Gasteiger partial charge in [-0.15, -0.1) is 0 Å². The van der Waals surface area contributed by atoms with Crippen molar-refractivity contribution in [2.24, 2.45) is 0 Å².